The van der Waals surface area contributed by atoms with Crippen molar-refractivity contribution in [1.82, 2.24) is 0 Å². The first kappa shape index (κ1) is 24.2. The van der Waals surface area contributed by atoms with Crippen LogP contribution in [0.4, 0.5) is 11.4 Å². The number of nitrogens with zero attached hydrogens (tertiary/aromatic N) is 1. The number of para-hydroxylation sites is 1. The van der Waals surface area contributed by atoms with E-state index in [1.54, 1.807) is 61.6 Å². The maximum absolute atomic E-state index is 12.9. The van der Waals surface area contributed by atoms with Crippen LogP contribution in [0.1, 0.15) is 17.3 Å². The summed E-state index contributed by atoms with van der Waals surface area (Å²) >= 11 is 1.20. The maximum atomic E-state index is 12.9. The molecule has 4 rings (SSSR count). The van der Waals surface area contributed by atoms with Crippen molar-refractivity contribution in [2.24, 2.45) is 0 Å². The van der Waals surface area contributed by atoms with E-state index in [1.807, 2.05) is 18.2 Å². The number of thioether (sulfide) groups is 1. The molecule has 0 spiro atoms. The lowest BCUT2D eigenvalue weighted by atomic mass is 10.2. The van der Waals surface area contributed by atoms with E-state index in [0.29, 0.717) is 27.8 Å². The molecular weight excluding hydrogens is 468 g/mol. The number of benzene rings is 3. The van der Waals surface area contributed by atoms with Gasteiger partial charge in [-0.2, -0.15) is 0 Å². The van der Waals surface area contributed by atoms with Crippen LogP contribution in [0.5, 0.6) is 11.5 Å². The summed E-state index contributed by atoms with van der Waals surface area (Å²) in [6.45, 7) is 1.69. The molecule has 35 heavy (non-hydrogen) atoms. The lowest BCUT2D eigenvalue weighted by Crippen LogP contribution is -2.37. The molecular formula is C26H24N2O6S. The quantitative estimate of drug-likeness (QED) is 0.369. The van der Waals surface area contributed by atoms with E-state index in [1.165, 1.54) is 23.6 Å². The van der Waals surface area contributed by atoms with Crippen molar-refractivity contribution in [3.05, 3.63) is 78.4 Å². The molecule has 0 saturated heterocycles. The van der Waals surface area contributed by atoms with Crippen molar-refractivity contribution < 1.29 is 28.6 Å². The van der Waals surface area contributed by atoms with Gasteiger partial charge in [-0.05, 0) is 43.3 Å². The van der Waals surface area contributed by atoms with Crippen molar-refractivity contribution in [2.75, 3.05) is 29.8 Å². The van der Waals surface area contributed by atoms with Crippen LogP contribution in [0.15, 0.2) is 77.7 Å². The topological polar surface area (TPSA) is 94.2 Å². The average molecular weight is 493 g/mol. The minimum absolute atomic E-state index is 0.0734. The van der Waals surface area contributed by atoms with Crippen LogP contribution in [0.3, 0.4) is 0 Å². The Morgan fingerprint density at radius 2 is 1.71 bits per heavy atom. The van der Waals surface area contributed by atoms with Crippen molar-refractivity contribution in [1.29, 1.82) is 0 Å². The summed E-state index contributed by atoms with van der Waals surface area (Å²) in [5, 5.41) is 2.80. The molecule has 3 aromatic rings. The van der Waals surface area contributed by atoms with Gasteiger partial charge >= 0.3 is 5.97 Å². The van der Waals surface area contributed by atoms with Gasteiger partial charge in [-0.25, -0.2) is 4.79 Å². The highest BCUT2D eigenvalue weighted by Gasteiger charge is 2.24. The van der Waals surface area contributed by atoms with Crippen molar-refractivity contribution in [3.8, 4) is 11.5 Å². The van der Waals surface area contributed by atoms with Crippen LogP contribution in [0.25, 0.3) is 0 Å². The summed E-state index contributed by atoms with van der Waals surface area (Å²) in [5.74, 6) is 0.0521. The zero-order valence-corrected chi connectivity index (χ0v) is 20.0. The van der Waals surface area contributed by atoms with E-state index in [4.69, 9.17) is 14.2 Å². The van der Waals surface area contributed by atoms with Crippen LogP contribution >= 0.6 is 11.8 Å². The fraction of sp³-hybridized carbons (Fsp3) is 0.192. The van der Waals surface area contributed by atoms with Crippen LogP contribution < -0.4 is 19.7 Å². The first-order valence-electron chi connectivity index (χ1n) is 10.9. The van der Waals surface area contributed by atoms with Gasteiger partial charge in [-0.15, -0.1) is 11.8 Å². The third-order valence-corrected chi connectivity index (χ3v) is 6.30. The largest absolute Gasteiger partial charge is 0.454 e. The number of hydrogen-bond acceptors (Lipinski definition) is 7. The summed E-state index contributed by atoms with van der Waals surface area (Å²) in [7, 11) is 1.63. The standard InChI is InChI=1S/C26H24N2O6S/c1-17(25(30)28(2)19-8-4-3-5-9-19)34-26(31)20-10-6-7-11-23(20)35-15-24(29)27-18-12-13-21-22(14-18)33-16-32-21/h3-14,17H,15-16H2,1-2H3,(H,27,29). The van der Waals surface area contributed by atoms with Gasteiger partial charge in [0, 0.05) is 29.4 Å². The fourth-order valence-corrected chi connectivity index (χ4v) is 4.24. The third kappa shape index (κ3) is 5.93. The maximum Gasteiger partial charge on any atom is 0.340 e. The number of esters is 1. The van der Waals surface area contributed by atoms with Crippen LogP contribution in [0, 0.1) is 0 Å². The van der Waals surface area contributed by atoms with Gasteiger partial charge in [0.25, 0.3) is 5.91 Å². The number of carbonyl (C=O) groups is 3. The SMILES string of the molecule is CC(OC(=O)c1ccccc1SCC(=O)Nc1ccc2c(c1)OCO2)C(=O)N(C)c1ccccc1. The fourth-order valence-electron chi connectivity index (χ4n) is 3.40. The third-order valence-electron chi connectivity index (χ3n) is 5.23. The minimum Gasteiger partial charge on any atom is -0.454 e. The Labute approximate surface area is 207 Å². The van der Waals surface area contributed by atoms with Crippen molar-refractivity contribution >= 4 is 40.9 Å². The van der Waals surface area contributed by atoms with E-state index in [0.717, 1.165) is 0 Å². The Morgan fingerprint density at radius 1 is 1.00 bits per heavy atom. The molecule has 9 heteroatoms. The normalized spacial score (nSPS) is 12.5. The second-order valence-electron chi connectivity index (χ2n) is 7.68. The number of rotatable bonds is 8. The molecule has 0 aromatic heterocycles. The lowest BCUT2D eigenvalue weighted by molar-refractivity contribution is -0.126. The molecule has 3 aromatic carbocycles. The van der Waals surface area contributed by atoms with Gasteiger partial charge in [0.05, 0.1) is 11.3 Å². The number of hydrogen-bond donors (Lipinski definition) is 1. The highest BCUT2D eigenvalue weighted by Crippen LogP contribution is 2.34. The van der Waals surface area contributed by atoms with E-state index >= 15 is 0 Å². The smallest absolute Gasteiger partial charge is 0.340 e. The number of amides is 2. The van der Waals surface area contributed by atoms with Gasteiger partial charge in [-0.1, -0.05) is 30.3 Å². The molecule has 1 atom stereocenters. The van der Waals surface area contributed by atoms with Crippen LogP contribution in [-0.4, -0.2) is 43.5 Å². The van der Waals surface area contributed by atoms with Crippen LogP contribution in [-0.2, 0) is 14.3 Å². The predicted octanol–water partition coefficient (Wildman–Crippen LogP) is 4.35. The molecule has 0 bridgehead atoms. The van der Waals surface area contributed by atoms with Crippen molar-refractivity contribution in [2.45, 2.75) is 17.9 Å². The monoisotopic (exact) mass is 492 g/mol. The van der Waals surface area contributed by atoms with Gasteiger partial charge in [0.1, 0.15) is 0 Å². The predicted molar refractivity (Wildman–Crippen MR) is 133 cm³/mol. The Bertz CT molecular complexity index is 1230. The molecule has 2 amide bonds. The zero-order chi connectivity index (χ0) is 24.8. The molecule has 180 valence electrons. The summed E-state index contributed by atoms with van der Waals surface area (Å²) in [6, 6.07) is 21.1. The number of carbonyl (C=O) groups excluding carboxylic acids is 3. The number of anilines is 2. The molecule has 1 aliphatic heterocycles. The lowest BCUT2D eigenvalue weighted by Gasteiger charge is -2.22. The summed E-state index contributed by atoms with van der Waals surface area (Å²) in [4.78, 5) is 40.1. The van der Waals surface area contributed by atoms with Gasteiger partial charge in [0.2, 0.25) is 12.7 Å². The molecule has 1 unspecified atom stereocenters. The minimum atomic E-state index is -0.986. The Kier molecular flexibility index (Phi) is 7.57. The van der Waals surface area contributed by atoms with Crippen LogP contribution in [0.2, 0.25) is 0 Å². The Hall–Kier alpha value is -3.98. The molecule has 0 aliphatic carbocycles. The van der Waals surface area contributed by atoms with E-state index < -0.39 is 12.1 Å². The number of nitrogens with one attached hydrogen (secondary N) is 1. The molecule has 8 nitrogen and oxygen atoms in total. The van der Waals surface area contributed by atoms with Crippen molar-refractivity contribution in [3.63, 3.8) is 0 Å². The number of likely N-dealkylation sites (N-methyl/N-ethyl adjacent to an activating group) is 1. The second kappa shape index (κ2) is 11.0. The summed E-state index contributed by atoms with van der Waals surface area (Å²) < 4.78 is 16.1. The summed E-state index contributed by atoms with van der Waals surface area (Å²) in [6.07, 6.45) is -0.986. The first-order chi connectivity index (χ1) is 16.9. The Balaban J connectivity index is 1.35. The molecule has 1 N–H and O–H groups in total. The molecule has 0 saturated carbocycles. The average Bonchev–Trinajstić information content (AvgIpc) is 3.35. The van der Waals surface area contributed by atoms with Gasteiger partial charge < -0.3 is 24.4 Å². The highest BCUT2D eigenvalue weighted by atomic mass is 32.2. The van der Waals surface area contributed by atoms with Gasteiger partial charge in [0.15, 0.2) is 17.6 Å². The van der Waals surface area contributed by atoms with Gasteiger partial charge in [-0.3, -0.25) is 9.59 Å². The number of ether oxygens (including phenoxy) is 3. The second-order valence-corrected chi connectivity index (χ2v) is 8.70. The molecule has 1 aliphatic rings. The zero-order valence-electron chi connectivity index (χ0n) is 19.2. The van der Waals surface area contributed by atoms with E-state index in [2.05, 4.69) is 5.32 Å². The Morgan fingerprint density at radius 3 is 2.51 bits per heavy atom. The molecule has 0 radical (unpaired) electrons. The molecule has 1 heterocycles. The summed E-state index contributed by atoms with van der Waals surface area (Å²) in [5.41, 5.74) is 1.57. The van der Waals surface area contributed by atoms with E-state index in [-0.39, 0.29) is 29.9 Å². The molecule has 0 fully saturated rings. The highest BCUT2D eigenvalue weighted by molar-refractivity contribution is 8.00. The van der Waals surface area contributed by atoms with E-state index in [9.17, 15) is 14.4 Å². The first-order valence-corrected chi connectivity index (χ1v) is 11.9. The number of fused-ring (bicyclic) bond motifs is 1.